The maximum Gasteiger partial charge on any atom is 0.232 e. The summed E-state index contributed by atoms with van der Waals surface area (Å²) in [6, 6.07) is 8.12. The lowest BCUT2D eigenvalue weighted by Crippen LogP contribution is -2.39. The Hall–Kier alpha value is -2.23. The molecule has 2 heterocycles. The first-order valence-electron chi connectivity index (χ1n) is 9.56. The normalized spacial score (nSPS) is 14.6. The average molecular weight is 399 g/mol. The van der Waals surface area contributed by atoms with Crippen LogP contribution < -0.4 is 0 Å². The highest BCUT2D eigenvalue weighted by molar-refractivity contribution is 7.99. The number of piperidine rings is 1. The van der Waals surface area contributed by atoms with Gasteiger partial charge in [-0.2, -0.15) is 0 Å². The van der Waals surface area contributed by atoms with Crippen LogP contribution in [0.1, 0.15) is 46.9 Å². The van der Waals surface area contributed by atoms with Crippen molar-refractivity contribution in [2.45, 2.75) is 38.4 Å². The Morgan fingerprint density at radius 2 is 2.07 bits per heavy atom. The van der Waals surface area contributed by atoms with Gasteiger partial charge in [0.2, 0.25) is 5.91 Å². The Morgan fingerprint density at radius 3 is 2.75 bits per heavy atom. The van der Waals surface area contributed by atoms with Crippen molar-refractivity contribution in [3.05, 3.63) is 52.4 Å². The number of nitrogens with zero attached hydrogens (tertiary/aromatic N) is 2. The van der Waals surface area contributed by atoms with Gasteiger partial charge in [0.1, 0.15) is 12.4 Å². The van der Waals surface area contributed by atoms with Gasteiger partial charge in [0.15, 0.2) is 0 Å². The molecule has 1 fully saturated rings. The third-order valence-corrected chi connectivity index (χ3v) is 6.15. The standard InChI is InChI=1S/C22H26N2O3S/c1-16-21(17(2)27-23-16)14-28-15-22(26)24-11-9-19(10-12-24)20-8-4-3-6-18(20)7-5-13-25/h3-4,6,8,19,25H,9-15H2,1-2H3. The summed E-state index contributed by atoms with van der Waals surface area (Å²) in [5.74, 6) is 8.46. The molecule has 1 amide bonds. The first-order valence-corrected chi connectivity index (χ1v) is 10.7. The van der Waals surface area contributed by atoms with E-state index in [0.717, 1.165) is 54.3 Å². The summed E-state index contributed by atoms with van der Waals surface area (Å²) >= 11 is 1.62. The Labute approximate surface area is 170 Å². The van der Waals surface area contributed by atoms with E-state index in [-0.39, 0.29) is 12.5 Å². The number of aliphatic hydroxyl groups is 1. The van der Waals surface area contributed by atoms with Gasteiger partial charge < -0.3 is 14.5 Å². The molecule has 0 aliphatic carbocycles. The Balaban J connectivity index is 1.51. The molecule has 1 saturated heterocycles. The molecule has 1 aromatic heterocycles. The first-order chi connectivity index (χ1) is 13.6. The molecule has 0 spiro atoms. The lowest BCUT2D eigenvalue weighted by molar-refractivity contribution is -0.129. The van der Waals surface area contributed by atoms with Crippen LogP contribution in [-0.4, -0.2) is 46.5 Å². The predicted octanol–water partition coefficient (Wildman–Crippen LogP) is 3.27. The number of likely N-dealkylation sites (tertiary alicyclic amines) is 1. The average Bonchev–Trinajstić information content (AvgIpc) is 3.04. The van der Waals surface area contributed by atoms with E-state index in [9.17, 15) is 4.79 Å². The molecule has 1 N–H and O–H groups in total. The lowest BCUT2D eigenvalue weighted by Gasteiger charge is -2.32. The van der Waals surface area contributed by atoms with Gasteiger partial charge in [-0.1, -0.05) is 35.2 Å². The van der Waals surface area contributed by atoms with Crippen LogP contribution in [-0.2, 0) is 10.5 Å². The molecule has 3 rings (SSSR count). The number of aryl methyl sites for hydroxylation is 2. The molecule has 0 unspecified atom stereocenters. The summed E-state index contributed by atoms with van der Waals surface area (Å²) in [6.07, 6.45) is 1.89. The molecule has 2 aromatic rings. The van der Waals surface area contributed by atoms with E-state index in [0.29, 0.717) is 11.7 Å². The minimum Gasteiger partial charge on any atom is -0.384 e. The minimum absolute atomic E-state index is 0.132. The second-order valence-corrected chi connectivity index (χ2v) is 7.98. The van der Waals surface area contributed by atoms with Crippen LogP contribution in [0, 0.1) is 25.7 Å². The van der Waals surface area contributed by atoms with Gasteiger partial charge in [0.05, 0.1) is 11.4 Å². The lowest BCUT2D eigenvalue weighted by atomic mass is 9.86. The van der Waals surface area contributed by atoms with E-state index in [1.807, 2.05) is 36.9 Å². The molecule has 1 aromatic carbocycles. The van der Waals surface area contributed by atoms with Crippen molar-refractivity contribution in [2.75, 3.05) is 25.4 Å². The van der Waals surface area contributed by atoms with Crippen LogP contribution in [0.2, 0.25) is 0 Å². The quantitative estimate of drug-likeness (QED) is 0.783. The number of carbonyl (C=O) groups is 1. The zero-order chi connectivity index (χ0) is 19.9. The molecule has 0 atom stereocenters. The van der Waals surface area contributed by atoms with Crippen molar-refractivity contribution < 1.29 is 14.4 Å². The summed E-state index contributed by atoms with van der Waals surface area (Å²) < 4.78 is 5.17. The third kappa shape index (κ3) is 4.98. The van der Waals surface area contributed by atoms with Crippen LogP contribution in [0.4, 0.5) is 0 Å². The zero-order valence-electron chi connectivity index (χ0n) is 16.4. The van der Waals surface area contributed by atoms with Crippen LogP contribution in [0.5, 0.6) is 0 Å². The maximum atomic E-state index is 12.6. The van der Waals surface area contributed by atoms with E-state index in [2.05, 4.69) is 23.1 Å². The van der Waals surface area contributed by atoms with Gasteiger partial charge in [-0.3, -0.25) is 4.79 Å². The molecular weight excluding hydrogens is 372 g/mol. The molecule has 6 heteroatoms. The highest BCUT2D eigenvalue weighted by atomic mass is 32.2. The SMILES string of the molecule is Cc1noc(C)c1CSCC(=O)N1CCC(c2ccccc2C#CCO)CC1. The topological polar surface area (TPSA) is 66.6 Å². The van der Waals surface area contributed by atoms with Gasteiger partial charge in [0.25, 0.3) is 0 Å². The Morgan fingerprint density at radius 1 is 1.32 bits per heavy atom. The number of benzene rings is 1. The number of aliphatic hydroxyl groups excluding tert-OH is 1. The summed E-state index contributed by atoms with van der Waals surface area (Å²) in [5.41, 5.74) is 4.21. The second-order valence-electron chi connectivity index (χ2n) is 7.00. The largest absolute Gasteiger partial charge is 0.384 e. The highest BCUT2D eigenvalue weighted by Crippen LogP contribution is 2.30. The van der Waals surface area contributed by atoms with Gasteiger partial charge in [-0.15, -0.1) is 11.8 Å². The monoisotopic (exact) mass is 398 g/mol. The smallest absolute Gasteiger partial charge is 0.232 e. The molecule has 1 aliphatic heterocycles. The van der Waals surface area contributed by atoms with Gasteiger partial charge in [-0.05, 0) is 44.2 Å². The van der Waals surface area contributed by atoms with Crippen molar-refractivity contribution >= 4 is 17.7 Å². The number of carbonyl (C=O) groups excluding carboxylic acids is 1. The highest BCUT2D eigenvalue weighted by Gasteiger charge is 2.25. The summed E-state index contributed by atoms with van der Waals surface area (Å²) in [7, 11) is 0. The van der Waals surface area contributed by atoms with E-state index >= 15 is 0 Å². The van der Waals surface area contributed by atoms with Crippen molar-refractivity contribution in [1.82, 2.24) is 10.1 Å². The van der Waals surface area contributed by atoms with Gasteiger partial charge >= 0.3 is 0 Å². The summed E-state index contributed by atoms with van der Waals surface area (Å²) in [5, 5.41) is 12.9. The molecule has 1 aliphatic rings. The maximum absolute atomic E-state index is 12.6. The number of hydrogen-bond donors (Lipinski definition) is 1. The number of thioether (sulfide) groups is 1. The predicted molar refractivity (Wildman–Crippen MR) is 111 cm³/mol. The van der Waals surface area contributed by atoms with Crippen molar-refractivity contribution in [1.29, 1.82) is 0 Å². The molecule has 0 radical (unpaired) electrons. The fourth-order valence-electron chi connectivity index (χ4n) is 3.58. The molecule has 148 valence electrons. The van der Waals surface area contributed by atoms with Crippen LogP contribution in [0.3, 0.4) is 0 Å². The van der Waals surface area contributed by atoms with Crippen molar-refractivity contribution in [3.8, 4) is 11.8 Å². The van der Waals surface area contributed by atoms with E-state index in [1.54, 1.807) is 11.8 Å². The Kier molecular flexibility index (Phi) is 7.18. The van der Waals surface area contributed by atoms with Crippen LogP contribution >= 0.6 is 11.8 Å². The number of hydrogen-bond acceptors (Lipinski definition) is 5. The number of aromatic nitrogens is 1. The van der Waals surface area contributed by atoms with Crippen LogP contribution in [0.25, 0.3) is 0 Å². The third-order valence-electron chi connectivity index (χ3n) is 5.20. The number of rotatable bonds is 5. The molecule has 0 saturated carbocycles. The fourth-order valence-corrected chi connectivity index (χ4v) is 4.66. The van der Waals surface area contributed by atoms with Crippen molar-refractivity contribution in [3.63, 3.8) is 0 Å². The van der Waals surface area contributed by atoms with Crippen LogP contribution in [0.15, 0.2) is 28.8 Å². The molecule has 5 nitrogen and oxygen atoms in total. The summed E-state index contributed by atoms with van der Waals surface area (Å²) in [6.45, 7) is 5.26. The molecule has 0 bridgehead atoms. The van der Waals surface area contributed by atoms with Gasteiger partial charge in [0, 0.05) is 30.0 Å². The van der Waals surface area contributed by atoms with E-state index in [1.165, 1.54) is 5.56 Å². The van der Waals surface area contributed by atoms with Crippen molar-refractivity contribution in [2.24, 2.45) is 0 Å². The van der Waals surface area contributed by atoms with Gasteiger partial charge in [-0.25, -0.2) is 0 Å². The Bertz CT molecular complexity index is 854. The fraction of sp³-hybridized carbons (Fsp3) is 0.455. The zero-order valence-corrected chi connectivity index (χ0v) is 17.2. The van der Waals surface area contributed by atoms with E-state index in [4.69, 9.17) is 9.63 Å². The number of amides is 1. The molecular formula is C22H26N2O3S. The first kappa shape index (κ1) is 20.5. The second kappa shape index (κ2) is 9.81. The summed E-state index contributed by atoms with van der Waals surface area (Å²) in [4.78, 5) is 14.5. The molecule has 28 heavy (non-hydrogen) atoms. The minimum atomic E-state index is -0.132. The van der Waals surface area contributed by atoms with E-state index < -0.39 is 0 Å².